The van der Waals surface area contributed by atoms with Crippen LogP contribution in [0.15, 0.2) is 0 Å². The zero-order valence-electron chi connectivity index (χ0n) is 9.62. The lowest BCUT2D eigenvalue weighted by atomic mass is 9.97. The predicted molar refractivity (Wildman–Crippen MR) is 55.9 cm³/mol. The fourth-order valence-electron chi connectivity index (χ4n) is 0.1000. The van der Waals surface area contributed by atoms with Crippen molar-refractivity contribution >= 4 is 0 Å². The number of rotatable bonds is 4. The summed E-state index contributed by atoms with van der Waals surface area (Å²) in [5, 5.41) is 33.7. The van der Waals surface area contributed by atoms with Gasteiger partial charge in [0.25, 0.3) is 0 Å². The Kier molecular flexibility index (Phi) is 8.34. The first-order valence-electron chi connectivity index (χ1n) is 4.68. The molecule has 0 aromatic heterocycles. The maximum absolute atomic E-state index is 8.43. The Bertz CT molecular complexity index is 104. The summed E-state index contributed by atoms with van der Waals surface area (Å²) in [7, 11) is 0. The lowest BCUT2D eigenvalue weighted by Gasteiger charge is -2.16. The van der Waals surface area contributed by atoms with Crippen molar-refractivity contribution in [3.8, 4) is 0 Å². The van der Waals surface area contributed by atoms with Crippen LogP contribution >= 0.6 is 0 Å². The summed E-state index contributed by atoms with van der Waals surface area (Å²) in [6.45, 7) is 7.38. The van der Waals surface area contributed by atoms with E-state index in [1.54, 1.807) is 27.7 Å². The Morgan fingerprint density at radius 3 is 0.714 bits per heavy atom. The van der Waals surface area contributed by atoms with Crippen LogP contribution in [0.2, 0.25) is 0 Å². The molecule has 0 rings (SSSR count). The standard InChI is InChI=1S/2C5H12O2/c2*1-5(2,3-6)4-7/h2*6-7H,3-4H2,1-2H3. The van der Waals surface area contributed by atoms with Gasteiger partial charge in [-0.15, -0.1) is 0 Å². The van der Waals surface area contributed by atoms with Gasteiger partial charge in [0.2, 0.25) is 0 Å². The molecule has 88 valence electrons. The zero-order chi connectivity index (χ0) is 11.8. The Hall–Kier alpha value is -0.160. The minimum absolute atomic E-state index is 0.0451. The van der Waals surface area contributed by atoms with Gasteiger partial charge in [-0.05, 0) is 0 Å². The van der Waals surface area contributed by atoms with E-state index in [0.717, 1.165) is 0 Å². The van der Waals surface area contributed by atoms with E-state index in [4.69, 9.17) is 20.4 Å². The van der Waals surface area contributed by atoms with Crippen molar-refractivity contribution in [2.45, 2.75) is 27.7 Å². The van der Waals surface area contributed by atoms with Crippen LogP contribution in [-0.4, -0.2) is 46.9 Å². The normalized spacial score (nSPS) is 12.0. The third kappa shape index (κ3) is 9.92. The molecule has 0 saturated heterocycles. The quantitative estimate of drug-likeness (QED) is 0.524. The number of aliphatic hydroxyl groups is 4. The van der Waals surface area contributed by atoms with E-state index in [2.05, 4.69) is 0 Å². The molecule has 0 heterocycles. The number of aliphatic hydroxyl groups excluding tert-OH is 4. The third-order valence-corrected chi connectivity index (χ3v) is 1.71. The van der Waals surface area contributed by atoms with E-state index in [9.17, 15) is 0 Å². The maximum Gasteiger partial charge on any atom is 0.0504 e. The fraction of sp³-hybridized carbons (Fsp3) is 1.00. The molecule has 0 aliphatic carbocycles. The topological polar surface area (TPSA) is 80.9 Å². The van der Waals surface area contributed by atoms with Gasteiger partial charge in [0.05, 0.1) is 26.4 Å². The van der Waals surface area contributed by atoms with E-state index in [0.29, 0.717) is 0 Å². The minimum atomic E-state index is -0.306. The van der Waals surface area contributed by atoms with Crippen molar-refractivity contribution in [3.05, 3.63) is 0 Å². The number of hydrogen-bond donors (Lipinski definition) is 4. The van der Waals surface area contributed by atoms with Crippen LogP contribution < -0.4 is 0 Å². The molecule has 0 unspecified atom stereocenters. The Morgan fingerprint density at radius 2 is 0.714 bits per heavy atom. The lowest BCUT2D eigenvalue weighted by molar-refractivity contribution is 0.0855. The average Bonchev–Trinajstić information content (AvgIpc) is 2.19. The van der Waals surface area contributed by atoms with Crippen LogP contribution in [0.5, 0.6) is 0 Å². The molecule has 0 atom stereocenters. The summed E-state index contributed by atoms with van der Waals surface area (Å²) in [6.07, 6.45) is 0. The van der Waals surface area contributed by atoms with Gasteiger partial charge >= 0.3 is 0 Å². The second kappa shape index (κ2) is 7.17. The van der Waals surface area contributed by atoms with E-state index in [1.165, 1.54) is 0 Å². The fourth-order valence-corrected chi connectivity index (χ4v) is 0.1000. The average molecular weight is 208 g/mol. The molecular weight excluding hydrogens is 184 g/mol. The molecule has 0 aromatic rings. The molecule has 0 fully saturated rings. The van der Waals surface area contributed by atoms with Gasteiger partial charge in [-0.3, -0.25) is 0 Å². The van der Waals surface area contributed by atoms with Crippen molar-refractivity contribution < 1.29 is 20.4 Å². The molecule has 0 radical (unpaired) electrons. The van der Waals surface area contributed by atoms with Crippen molar-refractivity contribution in [1.82, 2.24) is 0 Å². The molecule has 0 amide bonds. The molecule has 0 aromatic carbocycles. The van der Waals surface area contributed by atoms with Crippen LogP contribution in [0.4, 0.5) is 0 Å². The second-order valence-corrected chi connectivity index (χ2v) is 4.96. The van der Waals surface area contributed by atoms with Gasteiger partial charge in [-0.25, -0.2) is 0 Å². The first-order valence-corrected chi connectivity index (χ1v) is 4.68. The van der Waals surface area contributed by atoms with Crippen LogP contribution in [-0.2, 0) is 0 Å². The minimum Gasteiger partial charge on any atom is -0.396 e. The highest BCUT2D eigenvalue weighted by molar-refractivity contribution is 4.63. The largest absolute Gasteiger partial charge is 0.396 e. The smallest absolute Gasteiger partial charge is 0.0504 e. The summed E-state index contributed by atoms with van der Waals surface area (Å²) in [5.74, 6) is 0. The van der Waals surface area contributed by atoms with Crippen LogP contribution in [0.1, 0.15) is 27.7 Å². The van der Waals surface area contributed by atoms with Gasteiger partial charge < -0.3 is 20.4 Å². The molecule has 4 N–H and O–H groups in total. The Labute approximate surface area is 86.2 Å². The van der Waals surface area contributed by atoms with E-state index >= 15 is 0 Å². The molecule has 0 aliphatic rings. The van der Waals surface area contributed by atoms with Crippen molar-refractivity contribution in [2.75, 3.05) is 26.4 Å². The molecule has 4 heteroatoms. The van der Waals surface area contributed by atoms with Gasteiger partial charge in [-0.2, -0.15) is 0 Å². The summed E-state index contributed by atoms with van der Waals surface area (Å²) in [4.78, 5) is 0. The lowest BCUT2D eigenvalue weighted by Crippen LogP contribution is -2.20. The first kappa shape index (κ1) is 16.3. The van der Waals surface area contributed by atoms with E-state index in [-0.39, 0.29) is 37.3 Å². The molecule has 4 nitrogen and oxygen atoms in total. The summed E-state index contributed by atoms with van der Waals surface area (Å²) in [6, 6.07) is 0. The molecule has 14 heavy (non-hydrogen) atoms. The van der Waals surface area contributed by atoms with E-state index < -0.39 is 0 Å². The summed E-state index contributed by atoms with van der Waals surface area (Å²) >= 11 is 0. The SMILES string of the molecule is CC(C)(CO)CO.CC(C)(CO)CO. The highest BCUT2D eigenvalue weighted by atomic mass is 16.3. The van der Waals surface area contributed by atoms with Gasteiger partial charge in [-0.1, -0.05) is 27.7 Å². The van der Waals surface area contributed by atoms with Gasteiger partial charge in [0.15, 0.2) is 0 Å². The van der Waals surface area contributed by atoms with Crippen molar-refractivity contribution in [2.24, 2.45) is 10.8 Å². The van der Waals surface area contributed by atoms with Crippen molar-refractivity contribution in [3.63, 3.8) is 0 Å². The van der Waals surface area contributed by atoms with Gasteiger partial charge in [0.1, 0.15) is 0 Å². The molecular formula is C10H24O4. The molecule has 0 saturated carbocycles. The molecule has 0 aliphatic heterocycles. The highest BCUT2D eigenvalue weighted by Gasteiger charge is 2.13. The van der Waals surface area contributed by atoms with Gasteiger partial charge in [0, 0.05) is 10.8 Å². The zero-order valence-corrected chi connectivity index (χ0v) is 9.62. The predicted octanol–water partition coefficient (Wildman–Crippen LogP) is -0.00560. The van der Waals surface area contributed by atoms with E-state index in [1.807, 2.05) is 0 Å². The summed E-state index contributed by atoms with van der Waals surface area (Å²) in [5.41, 5.74) is -0.611. The van der Waals surface area contributed by atoms with Crippen LogP contribution in [0.25, 0.3) is 0 Å². The van der Waals surface area contributed by atoms with Crippen LogP contribution in [0, 0.1) is 10.8 Å². The molecule has 0 spiro atoms. The Balaban J connectivity index is 0. The second-order valence-electron chi connectivity index (χ2n) is 4.96. The van der Waals surface area contributed by atoms with Crippen LogP contribution in [0.3, 0.4) is 0 Å². The third-order valence-electron chi connectivity index (χ3n) is 1.71. The van der Waals surface area contributed by atoms with Crippen molar-refractivity contribution in [1.29, 1.82) is 0 Å². The Morgan fingerprint density at radius 1 is 0.571 bits per heavy atom. The molecule has 0 bridgehead atoms. The highest BCUT2D eigenvalue weighted by Crippen LogP contribution is 2.10. The monoisotopic (exact) mass is 208 g/mol. The summed E-state index contributed by atoms with van der Waals surface area (Å²) < 4.78 is 0. The first-order chi connectivity index (χ1) is 6.24. The maximum atomic E-state index is 8.43. The number of hydrogen-bond acceptors (Lipinski definition) is 4.